The number of para-hydroxylation sites is 2. The number of hydrogen-bond donors (Lipinski definition) is 3. The highest BCUT2D eigenvalue weighted by atomic mass is 28.4. The smallest absolute Gasteiger partial charge is 0.268 e. The molecule has 4 aromatic carbocycles. The topological polar surface area (TPSA) is 115 Å². The molecular weight excluding hydrogens is 688 g/mol. The van der Waals surface area contributed by atoms with Gasteiger partial charge < -0.3 is 29.2 Å². The van der Waals surface area contributed by atoms with Crippen molar-refractivity contribution in [3.63, 3.8) is 0 Å². The standard InChI is InChI=1S/C42H43FN4O5Si/c1-26-40(53(2,3)43)37(22-39(50)46-24-28-12-8-7-11-27(28)19-32(46)25-48)52-42(26)34-21-30(17-18-36(34)47(41(42)51)31-13-5-4-6-14-31)45-38(49)20-29-23-44-35-16-10-9-15-33(29)35/h4-18,21,23,26,32,37,40,44,48H,19-20,22,24-25H2,1-3H3,(H,45,49)/t26-,32+,37+,40-,42+/m1/s1. The van der Waals surface area contributed by atoms with Gasteiger partial charge in [0.15, 0.2) is 5.60 Å². The van der Waals surface area contributed by atoms with Gasteiger partial charge in [-0.3, -0.25) is 19.3 Å². The van der Waals surface area contributed by atoms with E-state index < -0.39 is 37.6 Å². The number of rotatable bonds is 8. The molecule has 3 amide bonds. The molecule has 3 N–H and O–H groups in total. The minimum atomic E-state index is -3.58. The lowest BCUT2D eigenvalue weighted by molar-refractivity contribution is -0.150. The maximum Gasteiger partial charge on any atom is 0.268 e. The summed E-state index contributed by atoms with van der Waals surface area (Å²) in [7, 11) is -3.58. The first-order valence-electron chi connectivity index (χ1n) is 18.2. The van der Waals surface area contributed by atoms with Gasteiger partial charge in [0, 0.05) is 52.0 Å². The number of ether oxygens (including phenoxy) is 1. The number of aliphatic hydroxyl groups excluding tert-OH is 1. The van der Waals surface area contributed by atoms with Gasteiger partial charge in [-0.25, -0.2) is 0 Å². The van der Waals surface area contributed by atoms with E-state index in [1.165, 1.54) is 0 Å². The van der Waals surface area contributed by atoms with Crippen molar-refractivity contribution in [3.8, 4) is 0 Å². The second-order valence-electron chi connectivity index (χ2n) is 15.1. The molecule has 3 aliphatic heterocycles. The van der Waals surface area contributed by atoms with E-state index in [2.05, 4.69) is 10.3 Å². The zero-order valence-electron chi connectivity index (χ0n) is 30.0. The molecule has 272 valence electrons. The van der Waals surface area contributed by atoms with Gasteiger partial charge in [0.1, 0.15) is 0 Å². The third-order valence-corrected chi connectivity index (χ3v) is 13.9. The Balaban J connectivity index is 1.15. The molecule has 11 heteroatoms. The number of fused-ring (bicyclic) bond motifs is 4. The zero-order chi connectivity index (χ0) is 37.1. The maximum atomic E-state index is 16.6. The van der Waals surface area contributed by atoms with Crippen LogP contribution in [0.2, 0.25) is 18.6 Å². The fraction of sp³-hybridized carbons (Fsp3) is 0.310. The molecule has 1 saturated heterocycles. The van der Waals surface area contributed by atoms with Crippen LogP contribution in [0.25, 0.3) is 10.9 Å². The summed E-state index contributed by atoms with van der Waals surface area (Å²) in [4.78, 5) is 49.1. The number of hydrogen-bond acceptors (Lipinski definition) is 5. The monoisotopic (exact) mass is 730 g/mol. The van der Waals surface area contributed by atoms with Crippen molar-refractivity contribution in [2.45, 2.75) is 69.1 Å². The molecule has 1 fully saturated rings. The predicted molar refractivity (Wildman–Crippen MR) is 205 cm³/mol. The van der Waals surface area contributed by atoms with Gasteiger partial charge in [-0.1, -0.05) is 67.6 Å². The minimum Gasteiger partial charge on any atom is -0.394 e. The van der Waals surface area contributed by atoms with Crippen LogP contribution < -0.4 is 10.2 Å². The molecule has 3 aliphatic rings. The molecule has 0 unspecified atom stereocenters. The summed E-state index contributed by atoms with van der Waals surface area (Å²) in [6.07, 6.45) is 1.46. The molecule has 1 aromatic heterocycles. The maximum absolute atomic E-state index is 16.6. The first-order chi connectivity index (χ1) is 25.5. The first kappa shape index (κ1) is 35.0. The Morgan fingerprint density at radius 3 is 2.47 bits per heavy atom. The van der Waals surface area contributed by atoms with Crippen molar-refractivity contribution < 1.29 is 28.3 Å². The minimum absolute atomic E-state index is 0.134. The second-order valence-corrected chi connectivity index (χ2v) is 18.9. The SMILES string of the molecule is C[C@@H]1[C@@H]([Si](C)(C)F)[C@H](CC(=O)N2Cc3ccccc3C[C@H]2CO)O[C@@]12C(=O)N(c1ccccc1)c1ccc(NC(=O)Cc3c[nH]c4ccccc34)cc12. The third kappa shape index (κ3) is 5.96. The average Bonchev–Trinajstić information content (AvgIpc) is 3.77. The van der Waals surface area contributed by atoms with Crippen LogP contribution in [0.15, 0.2) is 103 Å². The van der Waals surface area contributed by atoms with E-state index >= 15 is 4.11 Å². The summed E-state index contributed by atoms with van der Waals surface area (Å²) in [6, 6.07) is 29.8. The van der Waals surface area contributed by atoms with Crippen molar-refractivity contribution in [1.82, 2.24) is 9.88 Å². The highest BCUT2D eigenvalue weighted by Gasteiger charge is 2.67. The Kier molecular flexibility index (Phi) is 8.83. The lowest BCUT2D eigenvalue weighted by Crippen LogP contribution is -2.48. The van der Waals surface area contributed by atoms with Gasteiger partial charge in [-0.05, 0) is 72.6 Å². The van der Waals surface area contributed by atoms with Gasteiger partial charge in [0.25, 0.3) is 5.91 Å². The number of nitrogens with one attached hydrogen (secondary N) is 2. The molecule has 0 radical (unpaired) electrons. The third-order valence-electron chi connectivity index (χ3n) is 11.5. The van der Waals surface area contributed by atoms with E-state index in [-0.39, 0.29) is 37.2 Å². The molecule has 4 heterocycles. The van der Waals surface area contributed by atoms with Gasteiger partial charge >= 0.3 is 0 Å². The van der Waals surface area contributed by atoms with Gasteiger partial charge in [-0.15, -0.1) is 0 Å². The fourth-order valence-corrected chi connectivity index (χ4v) is 11.6. The molecule has 0 aliphatic carbocycles. The van der Waals surface area contributed by atoms with Gasteiger partial charge in [0.2, 0.25) is 20.2 Å². The fourth-order valence-electron chi connectivity index (χ4n) is 9.07. The molecule has 1 spiro atoms. The Hall–Kier alpha value is -5.10. The van der Waals surface area contributed by atoms with Gasteiger partial charge in [-0.2, -0.15) is 0 Å². The number of amides is 3. The Morgan fingerprint density at radius 2 is 1.72 bits per heavy atom. The first-order valence-corrected chi connectivity index (χ1v) is 21.2. The quantitative estimate of drug-likeness (QED) is 0.116. The summed E-state index contributed by atoms with van der Waals surface area (Å²) < 4.78 is 23.6. The van der Waals surface area contributed by atoms with E-state index in [0.717, 1.165) is 27.6 Å². The van der Waals surface area contributed by atoms with Crippen molar-refractivity contribution in [2.75, 3.05) is 16.8 Å². The van der Waals surface area contributed by atoms with Crippen LogP contribution >= 0.6 is 0 Å². The Bertz CT molecular complexity index is 2220. The Morgan fingerprint density at radius 1 is 1.00 bits per heavy atom. The zero-order valence-corrected chi connectivity index (χ0v) is 31.0. The summed E-state index contributed by atoms with van der Waals surface area (Å²) in [6.45, 7) is 5.21. The van der Waals surface area contributed by atoms with Crippen LogP contribution in [0, 0.1) is 5.92 Å². The van der Waals surface area contributed by atoms with E-state index in [0.29, 0.717) is 35.6 Å². The van der Waals surface area contributed by atoms with Crippen LogP contribution in [-0.2, 0) is 44.1 Å². The van der Waals surface area contributed by atoms with Crippen LogP contribution in [0.5, 0.6) is 0 Å². The number of aromatic nitrogens is 1. The summed E-state index contributed by atoms with van der Waals surface area (Å²) >= 11 is 0. The lowest BCUT2D eigenvalue weighted by Gasteiger charge is -2.37. The van der Waals surface area contributed by atoms with E-state index in [4.69, 9.17) is 4.74 Å². The second kappa shape index (κ2) is 13.4. The van der Waals surface area contributed by atoms with Gasteiger partial charge in [0.05, 0.1) is 37.3 Å². The van der Waals surface area contributed by atoms with Crippen molar-refractivity contribution in [1.29, 1.82) is 0 Å². The molecule has 0 bridgehead atoms. The van der Waals surface area contributed by atoms with Crippen LogP contribution in [0.1, 0.15) is 35.6 Å². The number of carbonyl (C=O) groups is 3. The summed E-state index contributed by atoms with van der Waals surface area (Å²) in [5, 5.41) is 14.3. The lowest BCUT2D eigenvalue weighted by atomic mass is 9.82. The Labute approximate surface area is 308 Å². The molecule has 5 aromatic rings. The van der Waals surface area contributed by atoms with Crippen LogP contribution in [-0.4, -0.2) is 59.9 Å². The van der Waals surface area contributed by atoms with E-state index in [1.54, 1.807) is 41.1 Å². The number of H-pyrrole nitrogens is 1. The normalized spacial score (nSPS) is 23.8. The van der Waals surface area contributed by atoms with Crippen molar-refractivity contribution >= 4 is 54.1 Å². The number of aromatic amines is 1. The van der Waals surface area contributed by atoms with Crippen molar-refractivity contribution in [2.24, 2.45) is 5.92 Å². The number of anilines is 3. The largest absolute Gasteiger partial charge is 0.394 e. The summed E-state index contributed by atoms with van der Waals surface area (Å²) in [5.74, 6) is -1.47. The predicted octanol–water partition coefficient (Wildman–Crippen LogP) is 7.14. The molecule has 8 rings (SSSR count). The van der Waals surface area contributed by atoms with Crippen molar-refractivity contribution in [3.05, 3.63) is 126 Å². The number of benzene rings is 4. The number of carbonyl (C=O) groups excluding carboxylic acids is 3. The summed E-state index contributed by atoms with van der Waals surface area (Å²) in [5.41, 5.74) is 3.82. The van der Waals surface area contributed by atoms with E-state index in [9.17, 15) is 19.5 Å². The molecule has 9 nitrogen and oxygen atoms in total. The van der Waals surface area contributed by atoms with Crippen LogP contribution in [0.4, 0.5) is 21.2 Å². The average molecular weight is 731 g/mol. The number of aliphatic hydroxyl groups is 1. The highest BCUT2D eigenvalue weighted by molar-refractivity contribution is 6.72. The molecule has 0 saturated carbocycles. The van der Waals surface area contributed by atoms with Crippen LogP contribution in [0.3, 0.4) is 0 Å². The van der Waals surface area contributed by atoms with E-state index in [1.807, 2.05) is 92.0 Å². The molecular formula is C42H43FN4O5Si. The number of halogens is 1. The molecule has 53 heavy (non-hydrogen) atoms. The molecule has 5 atom stereocenters. The number of nitrogens with zero attached hydrogens (tertiary/aromatic N) is 2. The highest BCUT2D eigenvalue weighted by Crippen LogP contribution is 2.61.